The first-order valence-corrected chi connectivity index (χ1v) is 10.4. The fourth-order valence-corrected chi connectivity index (χ4v) is 4.20. The van der Waals surface area contributed by atoms with Crippen LogP contribution in [0.3, 0.4) is 0 Å². The standard InChI is InChI=1S/C22H26N4O4.HI/c1-23-21(26-10-8-25(9-11-26)20(27)18-3-2-12-28-18)24-14-22(6-7-22)16-4-5-17-19(13-16)30-15-29-17;/h2-5,12-13H,6-11,14-15H2,1H3,(H,23,24);1H. The van der Waals surface area contributed by atoms with Crippen LogP contribution in [0.2, 0.25) is 0 Å². The van der Waals surface area contributed by atoms with Crippen LogP contribution in [0.1, 0.15) is 29.0 Å². The van der Waals surface area contributed by atoms with Crippen LogP contribution in [0.4, 0.5) is 0 Å². The first kappa shape index (κ1) is 21.8. The average Bonchev–Trinajstić information content (AvgIpc) is 3.18. The molecule has 2 fully saturated rings. The van der Waals surface area contributed by atoms with Gasteiger partial charge < -0.3 is 29.0 Å². The minimum absolute atomic E-state index is 0. The molecule has 5 rings (SSSR count). The van der Waals surface area contributed by atoms with Crippen molar-refractivity contribution in [3.8, 4) is 11.5 Å². The Balaban J connectivity index is 0.00000231. The van der Waals surface area contributed by atoms with Gasteiger partial charge in [-0.15, -0.1) is 24.0 Å². The smallest absolute Gasteiger partial charge is 0.289 e. The molecule has 2 aliphatic heterocycles. The molecule has 1 N–H and O–H groups in total. The quantitative estimate of drug-likeness (QED) is 0.367. The van der Waals surface area contributed by atoms with Crippen molar-refractivity contribution in [1.82, 2.24) is 15.1 Å². The summed E-state index contributed by atoms with van der Waals surface area (Å²) in [7, 11) is 1.81. The first-order valence-electron chi connectivity index (χ1n) is 10.4. The van der Waals surface area contributed by atoms with Gasteiger partial charge in [0.25, 0.3) is 5.91 Å². The molecule has 166 valence electrons. The highest BCUT2D eigenvalue weighted by atomic mass is 127. The predicted molar refractivity (Wildman–Crippen MR) is 126 cm³/mol. The first-order chi connectivity index (χ1) is 14.7. The van der Waals surface area contributed by atoms with Crippen LogP contribution in [0, 0.1) is 0 Å². The number of hydrogen-bond donors (Lipinski definition) is 1. The number of guanidine groups is 1. The monoisotopic (exact) mass is 538 g/mol. The van der Waals surface area contributed by atoms with Gasteiger partial charge in [-0.25, -0.2) is 0 Å². The van der Waals surface area contributed by atoms with E-state index < -0.39 is 0 Å². The normalized spacial score (nSPS) is 19.1. The lowest BCUT2D eigenvalue weighted by Gasteiger charge is -2.36. The van der Waals surface area contributed by atoms with E-state index in [2.05, 4.69) is 27.3 Å². The maximum atomic E-state index is 12.5. The maximum absolute atomic E-state index is 12.5. The number of nitrogens with zero attached hydrogens (tertiary/aromatic N) is 3. The zero-order valence-corrected chi connectivity index (χ0v) is 19.8. The highest BCUT2D eigenvalue weighted by Crippen LogP contribution is 2.49. The Hall–Kier alpha value is -2.43. The van der Waals surface area contributed by atoms with Crippen molar-refractivity contribution in [1.29, 1.82) is 0 Å². The average molecular weight is 538 g/mol. The number of carbonyl (C=O) groups excluding carboxylic acids is 1. The van der Waals surface area contributed by atoms with E-state index in [1.165, 1.54) is 11.8 Å². The number of piperazine rings is 1. The van der Waals surface area contributed by atoms with Crippen LogP contribution in [0.25, 0.3) is 0 Å². The van der Waals surface area contributed by atoms with Crippen LogP contribution in [0.5, 0.6) is 11.5 Å². The third kappa shape index (κ3) is 4.32. The molecule has 31 heavy (non-hydrogen) atoms. The molecule has 3 aliphatic rings. The zero-order chi connectivity index (χ0) is 20.6. The molecule has 1 aromatic heterocycles. The molecule has 0 atom stereocenters. The second kappa shape index (κ2) is 8.97. The van der Waals surface area contributed by atoms with E-state index >= 15 is 0 Å². The Morgan fingerprint density at radius 2 is 1.84 bits per heavy atom. The number of aliphatic imine (C=N–C) groups is 1. The van der Waals surface area contributed by atoms with E-state index in [0.717, 1.165) is 49.9 Å². The Kier molecular flexibility index (Phi) is 6.31. The van der Waals surface area contributed by atoms with Gasteiger partial charge in [0.2, 0.25) is 6.79 Å². The molecule has 0 spiro atoms. The molecule has 0 radical (unpaired) electrons. The molecule has 9 heteroatoms. The summed E-state index contributed by atoms with van der Waals surface area (Å²) in [5.41, 5.74) is 1.40. The Labute approximate surface area is 198 Å². The van der Waals surface area contributed by atoms with Crippen LogP contribution < -0.4 is 14.8 Å². The van der Waals surface area contributed by atoms with Crippen LogP contribution >= 0.6 is 24.0 Å². The molecular weight excluding hydrogens is 511 g/mol. The summed E-state index contributed by atoms with van der Waals surface area (Å²) in [6.45, 7) is 3.89. The fourth-order valence-electron chi connectivity index (χ4n) is 4.20. The highest BCUT2D eigenvalue weighted by molar-refractivity contribution is 14.0. The van der Waals surface area contributed by atoms with Gasteiger partial charge in [-0.1, -0.05) is 6.07 Å². The van der Waals surface area contributed by atoms with Gasteiger partial charge >= 0.3 is 0 Å². The van der Waals surface area contributed by atoms with Crippen LogP contribution in [0.15, 0.2) is 46.0 Å². The van der Waals surface area contributed by atoms with Crippen molar-refractivity contribution in [3.63, 3.8) is 0 Å². The van der Waals surface area contributed by atoms with Crippen molar-refractivity contribution < 1.29 is 18.7 Å². The number of rotatable bonds is 4. The summed E-state index contributed by atoms with van der Waals surface area (Å²) in [6.07, 6.45) is 3.81. The van der Waals surface area contributed by atoms with Gasteiger partial charge in [-0.3, -0.25) is 9.79 Å². The Bertz CT molecular complexity index is 950. The van der Waals surface area contributed by atoms with E-state index in [1.54, 1.807) is 12.1 Å². The summed E-state index contributed by atoms with van der Waals surface area (Å²) < 4.78 is 16.2. The molecule has 1 amide bonds. The minimum Gasteiger partial charge on any atom is -0.459 e. The number of benzene rings is 1. The lowest BCUT2D eigenvalue weighted by Crippen LogP contribution is -2.54. The Morgan fingerprint density at radius 3 is 2.52 bits per heavy atom. The van der Waals surface area contributed by atoms with E-state index in [-0.39, 0.29) is 35.3 Å². The molecular formula is C22H27IN4O4. The summed E-state index contributed by atoms with van der Waals surface area (Å²) in [4.78, 5) is 21.0. The van der Waals surface area contributed by atoms with Gasteiger partial charge in [0.05, 0.1) is 6.26 Å². The third-order valence-electron chi connectivity index (χ3n) is 6.23. The van der Waals surface area contributed by atoms with E-state index in [9.17, 15) is 4.79 Å². The van der Waals surface area contributed by atoms with E-state index in [0.29, 0.717) is 25.6 Å². The number of furan rings is 1. The lowest BCUT2D eigenvalue weighted by molar-refractivity contribution is 0.0657. The van der Waals surface area contributed by atoms with Gasteiger partial charge in [0.1, 0.15) is 0 Å². The zero-order valence-electron chi connectivity index (χ0n) is 17.5. The van der Waals surface area contributed by atoms with Crippen molar-refractivity contribution in [2.24, 2.45) is 4.99 Å². The molecule has 0 unspecified atom stereocenters. The van der Waals surface area contributed by atoms with Crippen molar-refractivity contribution >= 4 is 35.8 Å². The van der Waals surface area contributed by atoms with Crippen molar-refractivity contribution in [2.45, 2.75) is 18.3 Å². The number of ether oxygens (including phenoxy) is 2. The summed E-state index contributed by atoms with van der Waals surface area (Å²) in [5.74, 6) is 2.88. The molecule has 1 saturated carbocycles. The van der Waals surface area contributed by atoms with Gasteiger partial charge in [0.15, 0.2) is 23.2 Å². The van der Waals surface area contributed by atoms with Gasteiger partial charge in [-0.2, -0.15) is 0 Å². The van der Waals surface area contributed by atoms with E-state index in [4.69, 9.17) is 13.9 Å². The van der Waals surface area contributed by atoms with Crippen LogP contribution in [-0.4, -0.2) is 68.2 Å². The number of nitrogens with one attached hydrogen (secondary N) is 1. The summed E-state index contributed by atoms with van der Waals surface area (Å²) in [5, 5.41) is 3.56. The number of halogens is 1. The third-order valence-corrected chi connectivity index (χ3v) is 6.23. The molecule has 1 aromatic carbocycles. The minimum atomic E-state index is -0.0534. The fraction of sp³-hybridized carbons (Fsp3) is 0.455. The lowest BCUT2D eigenvalue weighted by atomic mass is 9.95. The molecule has 2 aromatic rings. The molecule has 0 bridgehead atoms. The predicted octanol–water partition coefficient (Wildman–Crippen LogP) is 2.69. The maximum Gasteiger partial charge on any atom is 0.289 e. The SMILES string of the molecule is CN=C(NCC1(c2ccc3c(c2)OCO3)CC1)N1CCN(C(=O)c2ccco2)CC1.I. The van der Waals surface area contributed by atoms with Crippen molar-refractivity contribution in [3.05, 3.63) is 47.9 Å². The number of carbonyl (C=O) groups is 1. The second-order valence-electron chi connectivity index (χ2n) is 8.01. The summed E-state index contributed by atoms with van der Waals surface area (Å²) >= 11 is 0. The number of fused-ring (bicyclic) bond motifs is 1. The molecule has 3 heterocycles. The molecule has 1 aliphatic carbocycles. The van der Waals surface area contributed by atoms with E-state index in [1.807, 2.05) is 18.0 Å². The second-order valence-corrected chi connectivity index (χ2v) is 8.01. The van der Waals surface area contributed by atoms with Gasteiger partial charge in [-0.05, 0) is 42.7 Å². The van der Waals surface area contributed by atoms with Crippen molar-refractivity contribution in [2.75, 3.05) is 46.6 Å². The number of amides is 1. The van der Waals surface area contributed by atoms with Gasteiger partial charge in [0, 0.05) is 45.2 Å². The summed E-state index contributed by atoms with van der Waals surface area (Å²) in [6, 6.07) is 9.70. The highest BCUT2D eigenvalue weighted by Gasteiger charge is 2.45. The number of hydrogen-bond acceptors (Lipinski definition) is 5. The Morgan fingerprint density at radius 1 is 1.10 bits per heavy atom. The topological polar surface area (TPSA) is 79.5 Å². The molecule has 8 nitrogen and oxygen atoms in total. The largest absolute Gasteiger partial charge is 0.459 e. The molecule has 1 saturated heterocycles. The van der Waals surface area contributed by atoms with Crippen LogP contribution in [-0.2, 0) is 5.41 Å².